The van der Waals surface area contributed by atoms with Gasteiger partial charge in [0, 0.05) is 51.0 Å². The zero-order chi connectivity index (χ0) is 23.8. The highest BCUT2D eigenvalue weighted by Gasteiger charge is 2.19. The molecular formula is C24H34BN7O. The Morgan fingerprint density at radius 1 is 1.21 bits per heavy atom. The second-order valence-electron chi connectivity index (χ2n) is 9.07. The number of nitrogens with zero attached hydrogens (tertiary/aromatic N) is 6. The molecule has 2 heterocycles. The van der Waals surface area contributed by atoms with Gasteiger partial charge in [-0.25, -0.2) is 9.97 Å². The molecule has 0 bridgehead atoms. The quantitative estimate of drug-likeness (QED) is 0.452. The van der Waals surface area contributed by atoms with E-state index in [1.165, 1.54) is 18.5 Å². The first-order valence-electron chi connectivity index (χ1n) is 11.8. The Hall–Kier alpha value is -2.96. The summed E-state index contributed by atoms with van der Waals surface area (Å²) in [7, 11) is 1.87. The minimum Gasteiger partial charge on any atom is -0.301 e. The molecule has 8 nitrogen and oxygen atoms in total. The molecule has 1 aliphatic rings. The summed E-state index contributed by atoms with van der Waals surface area (Å²) in [5.41, 5.74) is 5.56. The third-order valence-electron chi connectivity index (χ3n) is 5.71. The molecule has 1 amide bonds. The van der Waals surface area contributed by atoms with Crippen LogP contribution in [-0.4, -0.2) is 72.8 Å². The Balaban J connectivity index is 1.64. The molecule has 0 spiro atoms. The number of hydrogen-bond donors (Lipinski definition) is 1. The van der Waals surface area contributed by atoms with E-state index in [0.717, 1.165) is 38.2 Å². The smallest absolute Gasteiger partial charge is 0.269 e. The molecule has 3 rings (SSSR count). The highest BCUT2D eigenvalue weighted by Crippen LogP contribution is 2.12. The van der Waals surface area contributed by atoms with E-state index in [1.54, 1.807) is 11.2 Å². The monoisotopic (exact) mass is 447 g/mol. The molecular weight excluding hydrogens is 413 g/mol. The molecule has 1 aliphatic heterocycles. The van der Waals surface area contributed by atoms with Crippen molar-refractivity contribution in [2.24, 2.45) is 5.92 Å². The number of nitriles is 1. The number of anilines is 1. The average molecular weight is 447 g/mol. The SMILES string of the molecule is Bc1cnc(C#N)nc1N(CC(C)C)NC(=O)c1ccc(CN2CCN(CCC)CC2)cc1. The Morgan fingerprint density at radius 2 is 1.88 bits per heavy atom. The fraction of sp³-hybridized carbons (Fsp3) is 0.500. The first-order valence-corrected chi connectivity index (χ1v) is 11.8. The van der Waals surface area contributed by atoms with Crippen LogP contribution in [0.15, 0.2) is 30.5 Å². The summed E-state index contributed by atoms with van der Waals surface area (Å²) in [6.45, 7) is 13.4. The molecule has 1 saturated heterocycles. The van der Waals surface area contributed by atoms with Gasteiger partial charge < -0.3 is 4.90 Å². The van der Waals surface area contributed by atoms with Crippen LogP contribution in [0.25, 0.3) is 0 Å². The van der Waals surface area contributed by atoms with Crippen molar-refractivity contribution >= 4 is 25.0 Å². The zero-order valence-electron chi connectivity index (χ0n) is 20.2. The van der Waals surface area contributed by atoms with E-state index < -0.39 is 0 Å². The molecule has 0 atom stereocenters. The van der Waals surface area contributed by atoms with Crippen molar-refractivity contribution < 1.29 is 4.79 Å². The number of rotatable bonds is 9. The molecule has 2 aromatic rings. The molecule has 0 unspecified atom stereocenters. The van der Waals surface area contributed by atoms with Gasteiger partial charge in [0.2, 0.25) is 5.82 Å². The van der Waals surface area contributed by atoms with Crippen LogP contribution in [-0.2, 0) is 6.54 Å². The Kier molecular flexibility index (Phi) is 8.81. The number of aromatic nitrogens is 2. The van der Waals surface area contributed by atoms with Crippen molar-refractivity contribution in [1.82, 2.24) is 25.2 Å². The van der Waals surface area contributed by atoms with Crippen molar-refractivity contribution in [3.8, 4) is 6.07 Å². The van der Waals surface area contributed by atoms with Gasteiger partial charge in [0.15, 0.2) is 0 Å². The van der Waals surface area contributed by atoms with Crippen LogP contribution in [0, 0.1) is 17.2 Å². The number of piperazine rings is 1. The van der Waals surface area contributed by atoms with Gasteiger partial charge in [-0.05, 0) is 42.0 Å². The van der Waals surface area contributed by atoms with Gasteiger partial charge in [-0.15, -0.1) is 0 Å². The first-order chi connectivity index (χ1) is 15.9. The summed E-state index contributed by atoms with van der Waals surface area (Å²) in [6, 6.07) is 9.78. The summed E-state index contributed by atoms with van der Waals surface area (Å²) in [4.78, 5) is 26.3. The molecule has 1 N–H and O–H groups in total. The molecule has 33 heavy (non-hydrogen) atoms. The fourth-order valence-electron chi connectivity index (χ4n) is 4.00. The van der Waals surface area contributed by atoms with Crippen LogP contribution in [0.4, 0.5) is 5.82 Å². The summed E-state index contributed by atoms with van der Waals surface area (Å²) in [5.74, 6) is 0.707. The second kappa shape index (κ2) is 11.8. The number of carbonyl (C=O) groups is 1. The molecule has 1 aromatic carbocycles. The standard InChI is InChI=1S/C24H34BN7O/c1-4-9-30-10-12-31(13-11-30)17-19-5-7-20(8-6-19)24(33)29-32(16-18(2)3)23-21(25)15-27-22(14-26)28-23/h5-8,15,18H,4,9-13,16-17,25H2,1-3H3,(H,29,33). The van der Waals surface area contributed by atoms with Crippen LogP contribution in [0.2, 0.25) is 0 Å². The van der Waals surface area contributed by atoms with E-state index >= 15 is 0 Å². The predicted octanol–water partition coefficient (Wildman–Crippen LogP) is 0.942. The second-order valence-corrected chi connectivity index (χ2v) is 9.07. The highest BCUT2D eigenvalue weighted by atomic mass is 16.2. The van der Waals surface area contributed by atoms with E-state index in [1.807, 2.05) is 38.2 Å². The number of nitrogens with one attached hydrogen (secondary N) is 1. The first kappa shape index (κ1) is 24.7. The van der Waals surface area contributed by atoms with E-state index in [0.29, 0.717) is 17.9 Å². The minimum absolute atomic E-state index is 0.0819. The molecule has 0 radical (unpaired) electrons. The zero-order valence-corrected chi connectivity index (χ0v) is 20.2. The summed E-state index contributed by atoms with van der Waals surface area (Å²) in [6.07, 6.45) is 2.81. The minimum atomic E-state index is -0.202. The molecule has 0 saturated carbocycles. The summed E-state index contributed by atoms with van der Waals surface area (Å²) < 4.78 is 0. The number of hydrogen-bond acceptors (Lipinski definition) is 7. The van der Waals surface area contributed by atoms with Crippen LogP contribution in [0.3, 0.4) is 0 Å². The molecule has 174 valence electrons. The Labute approximate surface area is 198 Å². The fourth-order valence-corrected chi connectivity index (χ4v) is 4.00. The van der Waals surface area contributed by atoms with Crippen molar-refractivity contribution in [1.29, 1.82) is 5.26 Å². The predicted molar refractivity (Wildman–Crippen MR) is 133 cm³/mol. The molecule has 0 aliphatic carbocycles. The topological polar surface area (TPSA) is 88.4 Å². The highest BCUT2D eigenvalue weighted by molar-refractivity contribution is 6.35. The van der Waals surface area contributed by atoms with E-state index in [-0.39, 0.29) is 17.6 Å². The molecule has 9 heteroatoms. The lowest BCUT2D eigenvalue weighted by Crippen LogP contribution is -2.47. The van der Waals surface area contributed by atoms with Crippen LogP contribution in [0.5, 0.6) is 0 Å². The van der Waals surface area contributed by atoms with E-state index in [2.05, 4.69) is 46.0 Å². The van der Waals surface area contributed by atoms with Crippen molar-refractivity contribution in [2.45, 2.75) is 33.7 Å². The van der Waals surface area contributed by atoms with Gasteiger partial charge in [-0.1, -0.05) is 32.9 Å². The van der Waals surface area contributed by atoms with Gasteiger partial charge >= 0.3 is 0 Å². The average Bonchev–Trinajstić information content (AvgIpc) is 2.80. The third-order valence-corrected chi connectivity index (χ3v) is 5.71. The van der Waals surface area contributed by atoms with Crippen LogP contribution < -0.4 is 15.9 Å². The maximum Gasteiger partial charge on any atom is 0.269 e. The van der Waals surface area contributed by atoms with Crippen LogP contribution in [0.1, 0.15) is 48.9 Å². The van der Waals surface area contributed by atoms with Gasteiger partial charge in [-0.2, -0.15) is 5.26 Å². The number of benzene rings is 1. The number of carbonyl (C=O) groups excluding carboxylic acids is 1. The summed E-state index contributed by atoms with van der Waals surface area (Å²) in [5, 5.41) is 10.9. The number of hydrazine groups is 1. The maximum absolute atomic E-state index is 13.0. The summed E-state index contributed by atoms with van der Waals surface area (Å²) >= 11 is 0. The maximum atomic E-state index is 13.0. The van der Waals surface area contributed by atoms with Crippen molar-refractivity contribution in [3.05, 3.63) is 47.4 Å². The van der Waals surface area contributed by atoms with Gasteiger partial charge in [-0.3, -0.25) is 20.1 Å². The van der Waals surface area contributed by atoms with Crippen molar-refractivity contribution in [3.63, 3.8) is 0 Å². The van der Waals surface area contributed by atoms with E-state index in [9.17, 15) is 10.1 Å². The van der Waals surface area contributed by atoms with Crippen LogP contribution >= 0.6 is 0 Å². The Morgan fingerprint density at radius 3 is 2.48 bits per heavy atom. The largest absolute Gasteiger partial charge is 0.301 e. The number of amides is 1. The van der Waals surface area contributed by atoms with Crippen molar-refractivity contribution in [2.75, 3.05) is 44.3 Å². The lowest BCUT2D eigenvalue weighted by molar-refractivity contribution is 0.0947. The van der Waals surface area contributed by atoms with Gasteiger partial charge in [0.1, 0.15) is 19.7 Å². The molecule has 1 aromatic heterocycles. The van der Waals surface area contributed by atoms with Gasteiger partial charge in [0.05, 0.1) is 0 Å². The molecule has 1 fully saturated rings. The lowest BCUT2D eigenvalue weighted by Gasteiger charge is -2.34. The normalized spacial score (nSPS) is 14.8. The third kappa shape index (κ3) is 7.01. The van der Waals surface area contributed by atoms with E-state index in [4.69, 9.17) is 0 Å². The lowest BCUT2D eigenvalue weighted by atomic mass is 9.98. The van der Waals surface area contributed by atoms with Gasteiger partial charge in [0.25, 0.3) is 5.91 Å². The Bertz CT molecular complexity index is 966.